The van der Waals surface area contributed by atoms with E-state index in [0.717, 1.165) is 27.1 Å². The summed E-state index contributed by atoms with van der Waals surface area (Å²) in [6, 6.07) is 20.7. The highest BCUT2D eigenvalue weighted by Crippen LogP contribution is 2.28. The number of aromatic nitrogens is 1. The number of pyridine rings is 1. The first-order valence-corrected chi connectivity index (χ1v) is 7.93. The number of benzene rings is 3. The van der Waals surface area contributed by atoms with Crippen LogP contribution >= 0.6 is 0 Å². The molecule has 4 rings (SSSR count). The van der Waals surface area contributed by atoms with Crippen molar-refractivity contribution in [1.82, 2.24) is 4.98 Å². The molecule has 0 atom stereocenters. The number of carboxylic acids is 2. The second-order valence-corrected chi connectivity index (χ2v) is 6.00. The summed E-state index contributed by atoms with van der Waals surface area (Å²) in [4.78, 5) is 26.2. The maximum atomic E-state index is 11.3. The van der Waals surface area contributed by atoms with Gasteiger partial charge in [-0.2, -0.15) is 0 Å². The SMILES string of the molecule is O=C(O)c1cc(-c2ccc3cc4ccccc4cc3c2)cc(C(=O)O)n1. The summed E-state index contributed by atoms with van der Waals surface area (Å²) < 4.78 is 0. The molecule has 4 aromatic rings. The minimum absolute atomic E-state index is 0.293. The van der Waals surface area contributed by atoms with Gasteiger partial charge in [-0.05, 0) is 63.0 Å². The van der Waals surface area contributed by atoms with Crippen LogP contribution in [0.2, 0.25) is 0 Å². The molecule has 0 amide bonds. The van der Waals surface area contributed by atoms with Crippen LogP contribution in [0.4, 0.5) is 0 Å². The molecule has 0 aliphatic heterocycles. The molecule has 2 N–H and O–H groups in total. The first kappa shape index (κ1) is 15.8. The average molecular weight is 343 g/mol. The van der Waals surface area contributed by atoms with Crippen molar-refractivity contribution in [2.75, 3.05) is 0 Å². The van der Waals surface area contributed by atoms with Crippen LogP contribution in [0.15, 0.2) is 66.7 Å². The quantitative estimate of drug-likeness (QED) is 0.537. The third-order valence-electron chi connectivity index (χ3n) is 4.30. The Labute approximate surface area is 148 Å². The van der Waals surface area contributed by atoms with E-state index in [1.54, 1.807) is 0 Å². The molecule has 0 spiro atoms. The summed E-state index contributed by atoms with van der Waals surface area (Å²) in [5, 5.41) is 22.7. The van der Waals surface area contributed by atoms with Gasteiger partial charge in [0.15, 0.2) is 0 Å². The van der Waals surface area contributed by atoms with Gasteiger partial charge in [-0.3, -0.25) is 0 Å². The van der Waals surface area contributed by atoms with E-state index in [4.69, 9.17) is 0 Å². The van der Waals surface area contributed by atoms with Crippen molar-refractivity contribution in [3.63, 3.8) is 0 Å². The van der Waals surface area contributed by atoms with Gasteiger partial charge in [0.25, 0.3) is 0 Å². The van der Waals surface area contributed by atoms with Crippen LogP contribution in [-0.4, -0.2) is 27.1 Å². The van der Waals surface area contributed by atoms with Crippen LogP contribution in [-0.2, 0) is 0 Å². The highest BCUT2D eigenvalue weighted by molar-refractivity contribution is 6.00. The van der Waals surface area contributed by atoms with Crippen molar-refractivity contribution < 1.29 is 19.8 Å². The first-order chi connectivity index (χ1) is 12.5. The Morgan fingerprint density at radius 2 is 1.15 bits per heavy atom. The molecule has 0 radical (unpaired) electrons. The molecule has 0 fully saturated rings. The van der Waals surface area contributed by atoms with Crippen molar-refractivity contribution in [2.24, 2.45) is 0 Å². The van der Waals surface area contributed by atoms with Crippen LogP contribution < -0.4 is 0 Å². The molecule has 5 nitrogen and oxygen atoms in total. The van der Waals surface area contributed by atoms with E-state index in [-0.39, 0.29) is 11.4 Å². The largest absolute Gasteiger partial charge is 0.477 e. The molecule has 0 aliphatic rings. The van der Waals surface area contributed by atoms with Gasteiger partial charge in [0.2, 0.25) is 0 Å². The van der Waals surface area contributed by atoms with Crippen molar-refractivity contribution in [2.45, 2.75) is 0 Å². The van der Waals surface area contributed by atoms with Gasteiger partial charge in [0, 0.05) is 0 Å². The Balaban J connectivity index is 1.92. The second-order valence-electron chi connectivity index (χ2n) is 6.00. The van der Waals surface area contributed by atoms with Crippen LogP contribution in [0.1, 0.15) is 21.0 Å². The molecular formula is C21H13NO4. The molecule has 3 aromatic carbocycles. The van der Waals surface area contributed by atoms with Gasteiger partial charge in [0.05, 0.1) is 0 Å². The Hall–Kier alpha value is -3.73. The van der Waals surface area contributed by atoms with E-state index in [0.29, 0.717) is 5.56 Å². The molecule has 126 valence electrons. The number of carboxylic acid groups (broad SMARTS) is 2. The smallest absolute Gasteiger partial charge is 0.354 e. The van der Waals surface area contributed by atoms with Gasteiger partial charge in [-0.1, -0.05) is 36.4 Å². The number of hydrogen-bond acceptors (Lipinski definition) is 3. The number of aromatic carboxylic acids is 2. The molecule has 1 heterocycles. The predicted octanol–water partition coefficient (Wildman–Crippen LogP) is 4.45. The normalized spacial score (nSPS) is 10.9. The predicted molar refractivity (Wildman–Crippen MR) is 98.6 cm³/mol. The van der Waals surface area contributed by atoms with Gasteiger partial charge >= 0.3 is 11.9 Å². The fourth-order valence-corrected chi connectivity index (χ4v) is 3.04. The van der Waals surface area contributed by atoms with E-state index >= 15 is 0 Å². The summed E-state index contributed by atoms with van der Waals surface area (Å²) >= 11 is 0. The van der Waals surface area contributed by atoms with Crippen molar-refractivity contribution in [1.29, 1.82) is 0 Å². The van der Waals surface area contributed by atoms with E-state index in [1.165, 1.54) is 12.1 Å². The Morgan fingerprint density at radius 1 is 0.615 bits per heavy atom. The molecule has 5 heteroatoms. The standard InChI is InChI=1S/C21H13NO4/c23-20(24)18-10-17(11-19(22-18)21(25)26)15-6-5-14-7-12-3-1-2-4-13(12)8-16(14)9-15/h1-11H,(H,23,24)(H,25,26). The summed E-state index contributed by atoms with van der Waals surface area (Å²) in [6.45, 7) is 0. The maximum Gasteiger partial charge on any atom is 0.354 e. The third-order valence-corrected chi connectivity index (χ3v) is 4.30. The van der Waals surface area contributed by atoms with E-state index in [2.05, 4.69) is 17.1 Å². The van der Waals surface area contributed by atoms with E-state index in [9.17, 15) is 19.8 Å². The Bertz CT molecular complexity index is 1160. The monoisotopic (exact) mass is 343 g/mol. The highest BCUT2D eigenvalue weighted by Gasteiger charge is 2.14. The fourth-order valence-electron chi connectivity index (χ4n) is 3.04. The third kappa shape index (κ3) is 2.75. The van der Waals surface area contributed by atoms with E-state index < -0.39 is 11.9 Å². The van der Waals surface area contributed by atoms with Crippen molar-refractivity contribution >= 4 is 33.5 Å². The summed E-state index contributed by atoms with van der Waals surface area (Å²) in [5.74, 6) is -2.53. The minimum Gasteiger partial charge on any atom is -0.477 e. The van der Waals surface area contributed by atoms with E-state index in [1.807, 2.05) is 42.5 Å². The lowest BCUT2D eigenvalue weighted by Crippen LogP contribution is -2.07. The average Bonchev–Trinajstić information content (AvgIpc) is 2.65. The zero-order chi connectivity index (χ0) is 18.3. The Kier molecular flexibility index (Phi) is 3.62. The van der Waals surface area contributed by atoms with Gasteiger partial charge in [-0.25, -0.2) is 14.6 Å². The maximum absolute atomic E-state index is 11.3. The summed E-state index contributed by atoms with van der Waals surface area (Å²) in [6.07, 6.45) is 0. The first-order valence-electron chi connectivity index (χ1n) is 7.93. The molecule has 1 aromatic heterocycles. The summed E-state index contributed by atoms with van der Waals surface area (Å²) in [5.41, 5.74) is 0.655. The topological polar surface area (TPSA) is 87.5 Å². The zero-order valence-electron chi connectivity index (χ0n) is 13.5. The fraction of sp³-hybridized carbons (Fsp3) is 0. The summed E-state index contributed by atoms with van der Waals surface area (Å²) in [7, 11) is 0. The minimum atomic E-state index is -1.26. The van der Waals surface area contributed by atoms with Crippen LogP contribution in [0.3, 0.4) is 0 Å². The number of fused-ring (bicyclic) bond motifs is 2. The lowest BCUT2D eigenvalue weighted by Gasteiger charge is -2.08. The zero-order valence-corrected chi connectivity index (χ0v) is 13.5. The number of hydrogen-bond donors (Lipinski definition) is 2. The molecule has 0 saturated heterocycles. The molecule has 0 saturated carbocycles. The van der Waals surface area contributed by atoms with Gasteiger partial charge in [-0.15, -0.1) is 0 Å². The van der Waals surface area contributed by atoms with Gasteiger partial charge in [0.1, 0.15) is 11.4 Å². The van der Waals surface area contributed by atoms with Crippen LogP contribution in [0.25, 0.3) is 32.7 Å². The number of nitrogens with zero attached hydrogens (tertiary/aromatic N) is 1. The molecule has 0 aliphatic carbocycles. The highest BCUT2D eigenvalue weighted by atomic mass is 16.4. The van der Waals surface area contributed by atoms with Gasteiger partial charge < -0.3 is 10.2 Å². The molecular weight excluding hydrogens is 330 g/mol. The number of rotatable bonds is 3. The van der Waals surface area contributed by atoms with Crippen LogP contribution in [0.5, 0.6) is 0 Å². The molecule has 26 heavy (non-hydrogen) atoms. The van der Waals surface area contributed by atoms with Crippen molar-refractivity contribution in [3.05, 3.63) is 78.1 Å². The van der Waals surface area contributed by atoms with Crippen molar-refractivity contribution in [3.8, 4) is 11.1 Å². The number of carbonyl (C=O) groups is 2. The Morgan fingerprint density at radius 3 is 1.73 bits per heavy atom. The lowest BCUT2D eigenvalue weighted by molar-refractivity contribution is 0.0685. The van der Waals surface area contributed by atoms with Crippen LogP contribution in [0, 0.1) is 0 Å². The molecule has 0 unspecified atom stereocenters. The second kappa shape index (κ2) is 5.97. The lowest BCUT2D eigenvalue weighted by atomic mass is 9.98. The molecule has 0 bridgehead atoms.